The van der Waals surface area contributed by atoms with Crippen molar-refractivity contribution in [1.82, 2.24) is 0 Å². The van der Waals surface area contributed by atoms with Crippen molar-refractivity contribution in [3.63, 3.8) is 0 Å². The summed E-state index contributed by atoms with van der Waals surface area (Å²) in [7, 11) is 0. The molecule has 5 nitrogen and oxygen atoms in total. The number of halogens is 1. The van der Waals surface area contributed by atoms with Gasteiger partial charge in [0.2, 0.25) is 0 Å². The van der Waals surface area contributed by atoms with Crippen molar-refractivity contribution in [2.45, 2.75) is 25.9 Å². The van der Waals surface area contributed by atoms with Crippen LogP contribution in [0.4, 0.5) is 5.69 Å². The van der Waals surface area contributed by atoms with Crippen LogP contribution in [-0.4, -0.2) is 18.1 Å². The van der Waals surface area contributed by atoms with Gasteiger partial charge in [-0.25, -0.2) is 10.9 Å². The van der Waals surface area contributed by atoms with Gasteiger partial charge < -0.3 is 9.47 Å². The van der Waals surface area contributed by atoms with Crippen molar-refractivity contribution < 1.29 is 14.3 Å². The quantitative estimate of drug-likeness (QED) is 0.524. The maximum atomic E-state index is 12.3. The van der Waals surface area contributed by atoms with E-state index in [1.165, 1.54) is 0 Å². The topological polar surface area (TPSA) is 64.8 Å². The van der Waals surface area contributed by atoms with E-state index in [1.54, 1.807) is 30.3 Å². The molecule has 0 radical (unpaired) electrons. The highest BCUT2D eigenvalue weighted by molar-refractivity contribution is 6.33. The van der Waals surface area contributed by atoms with Gasteiger partial charge in [-0.15, -0.1) is 0 Å². The minimum atomic E-state index is -0.405. The Morgan fingerprint density at radius 1 is 1.29 bits per heavy atom. The number of amides is 1. The van der Waals surface area contributed by atoms with Crippen LogP contribution >= 0.6 is 11.6 Å². The highest BCUT2D eigenvalue weighted by atomic mass is 35.5. The minimum Gasteiger partial charge on any atom is -0.483 e. The molecule has 0 aliphatic carbocycles. The fourth-order valence-corrected chi connectivity index (χ4v) is 2.92. The van der Waals surface area contributed by atoms with E-state index in [2.05, 4.69) is 0 Å². The number of fused-ring (bicyclic) bond motifs is 1. The molecule has 2 aromatic rings. The molecule has 1 heterocycles. The molecule has 0 fully saturated rings. The third-order valence-corrected chi connectivity index (χ3v) is 4.11. The summed E-state index contributed by atoms with van der Waals surface area (Å²) in [4.78, 5) is 12.3. The average Bonchev–Trinajstić information content (AvgIpc) is 2.86. The molecule has 24 heavy (non-hydrogen) atoms. The van der Waals surface area contributed by atoms with Crippen LogP contribution in [0, 0.1) is 0 Å². The van der Waals surface area contributed by atoms with Gasteiger partial charge in [0, 0.05) is 12.0 Å². The van der Waals surface area contributed by atoms with Gasteiger partial charge in [-0.05, 0) is 32.0 Å². The van der Waals surface area contributed by atoms with Crippen LogP contribution in [0.1, 0.15) is 19.4 Å². The molecule has 2 N–H and O–H groups in total. The molecular formula is C18H19ClN2O3. The highest BCUT2D eigenvalue weighted by Crippen LogP contribution is 2.41. The standard InChI is InChI=1S/C18H19ClN2O3/c1-18(2)10-12-6-5-9-15(17(12)24-18)23-11-16(22)21(20)14-8-4-3-7-13(14)19/h3-9H,10-11,20H2,1-2H3. The average molecular weight is 347 g/mol. The van der Waals surface area contributed by atoms with E-state index in [9.17, 15) is 4.79 Å². The van der Waals surface area contributed by atoms with E-state index in [4.69, 9.17) is 26.9 Å². The van der Waals surface area contributed by atoms with Crippen LogP contribution in [0.25, 0.3) is 0 Å². The smallest absolute Gasteiger partial charge is 0.279 e. The number of hydrazine groups is 1. The highest BCUT2D eigenvalue weighted by Gasteiger charge is 2.32. The Balaban J connectivity index is 1.70. The van der Waals surface area contributed by atoms with Gasteiger partial charge >= 0.3 is 0 Å². The molecule has 0 spiro atoms. The molecule has 1 aliphatic rings. The number of para-hydroxylation sites is 2. The summed E-state index contributed by atoms with van der Waals surface area (Å²) in [5.41, 5.74) is 1.23. The third kappa shape index (κ3) is 3.32. The summed E-state index contributed by atoms with van der Waals surface area (Å²) in [6, 6.07) is 12.5. The Bertz CT molecular complexity index is 777. The van der Waals surface area contributed by atoms with Crippen LogP contribution in [0.3, 0.4) is 0 Å². The zero-order valence-electron chi connectivity index (χ0n) is 13.6. The van der Waals surface area contributed by atoms with Gasteiger partial charge in [-0.1, -0.05) is 35.9 Å². The fourth-order valence-electron chi connectivity index (χ4n) is 2.69. The maximum absolute atomic E-state index is 12.3. The number of ether oxygens (including phenoxy) is 2. The van der Waals surface area contributed by atoms with Gasteiger partial charge in [-0.3, -0.25) is 4.79 Å². The van der Waals surface area contributed by atoms with Gasteiger partial charge in [0.1, 0.15) is 5.60 Å². The molecule has 0 unspecified atom stereocenters. The summed E-state index contributed by atoms with van der Waals surface area (Å²) in [5.74, 6) is 6.67. The second-order valence-electron chi connectivity index (χ2n) is 6.29. The van der Waals surface area contributed by atoms with E-state index in [-0.39, 0.29) is 12.2 Å². The lowest BCUT2D eigenvalue weighted by atomic mass is 10.0. The Kier molecular flexibility index (Phi) is 4.39. The van der Waals surface area contributed by atoms with E-state index in [1.807, 2.05) is 26.0 Å². The summed E-state index contributed by atoms with van der Waals surface area (Å²) < 4.78 is 11.6. The van der Waals surface area contributed by atoms with Crippen LogP contribution in [0.2, 0.25) is 5.02 Å². The Hall–Kier alpha value is -2.24. The van der Waals surface area contributed by atoms with Gasteiger partial charge in [0.15, 0.2) is 18.1 Å². The summed E-state index contributed by atoms with van der Waals surface area (Å²) in [5, 5.41) is 1.40. The van der Waals surface area contributed by atoms with E-state index < -0.39 is 5.91 Å². The number of carbonyl (C=O) groups excluding carboxylic acids is 1. The van der Waals surface area contributed by atoms with Gasteiger partial charge in [0.05, 0.1) is 10.7 Å². The number of benzene rings is 2. The Morgan fingerprint density at radius 3 is 2.79 bits per heavy atom. The predicted octanol–water partition coefficient (Wildman–Crippen LogP) is 3.34. The molecule has 126 valence electrons. The predicted molar refractivity (Wildman–Crippen MR) is 93.5 cm³/mol. The first-order valence-electron chi connectivity index (χ1n) is 7.63. The lowest BCUT2D eigenvalue weighted by Gasteiger charge is -2.20. The normalized spacial score (nSPS) is 14.7. The maximum Gasteiger partial charge on any atom is 0.279 e. The van der Waals surface area contributed by atoms with Crippen LogP contribution in [0.15, 0.2) is 42.5 Å². The van der Waals surface area contributed by atoms with Crippen molar-refractivity contribution >= 4 is 23.2 Å². The van der Waals surface area contributed by atoms with Gasteiger partial charge in [0.25, 0.3) is 5.91 Å². The second kappa shape index (κ2) is 6.34. The van der Waals surface area contributed by atoms with Crippen molar-refractivity contribution in [2.24, 2.45) is 5.84 Å². The number of hydrogen-bond donors (Lipinski definition) is 1. The van der Waals surface area contributed by atoms with Gasteiger partial charge in [-0.2, -0.15) is 0 Å². The van der Waals surface area contributed by atoms with E-state index in [0.717, 1.165) is 17.0 Å². The van der Waals surface area contributed by atoms with Crippen LogP contribution in [-0.2, 0) is 11.2 Å². The third-order valence-electron chi connectivity index (χ3n) is 3.79. The molecule has 2 aromatic carbocycles. The molecule has 0 saturated heterocycles. The lowest BCUT2D eigenvalue weighted by molar-refractivity contribution is -0.120. The van der Waals surface area contributed by atoms with Crippen molar-refractivity contribution in [2.75, 3.05) is 11.6 Å². The number of rotatable bonds is 4. The largest absolute Gasteiger partial charge is 0.483 e. The molecule has 6 heteroatoms. The first kappa shape index (κ1) is 16.6. The summed E-state index contributed by atoms with van der Waals surface area (Å²) >= 11 is 6.05. The van der Waals surface area contributed by atoms with Crippen molar-refractivity contribution in [3.8, 4) is 11.5 Å². The SMILES string of the molecule is CC1(C)Cc2cccc(OCC(=O)N(N)c3ccccc3Cl)c2O1. The van der Waals surface area contributed by atoms with Crippen LogP contribution < -0.4 is 20.3 Å². The van der Waals surface area contributed by atoms with E-state index >= 15 is 0 Å². The molecule has 3 rings (SSSR count). The van der Waals surface area contributed by atoms with E-state index in [0.29, 0.717) is 22.2 Å². The molecule has 0 aromatic heterocycles. The lowest BCUT2D eigenvalue weighted by Crippen LogP contribution is -2.40. The summed E-state index contributed by atoms with van der Waals surface area (Å²) in [6.45, 7) is 3.82. The number of carbonyl (C=O) groups is 1. The Morgan fingerprint density at radius 2 is 2.04 bits per heavy atom. The zero-order valence-corrected chi connectivity index (χ0v) is 14.3. The second-order valence-corrected chi connectivity index (χ2v) is 6.69. The monoisotopic (exact) mass is 346 g/mol. The van der Waals surface area contributed by atoms with Crippen molar-refractivity contribution in [1.29, 1.82) is 0 Å². The number of anilines is 1. The minimum absolute atomic E-state index is 0.206. The molecule has 0 saturated carbocycles. The molecule has 0 atom stereocenters. The first-order valence-corrected chi connectivity index (χ1v) is 8.01. The number of hydrogen-bond acceptors (Lipinski definition) is 4. The molecule has 1 amide bonds. The molecular weight excluding hydrogens is 328 g/mol. The number of nitrogens with zero attached hydrogens (tertiary/aromatic N) is 1. The van der Waals surface area contributed by atoms with Crippen molar-refractivity contribution in [3.05, 3.63) is 53.1 Å². The summed E-state index contributed by atoms with van der Waals surface area (Å²) in [6.07, 6.45) is 0.802. The molecule has 1 aliphatic heterocycles. The Labute approximate surface area is 145 Å². The zero-order chi connectivity index (χ0) is 17.3. The molecule has 0 bridgehead atoms. The fraction of sp³-hybridized carbons (Fsp3) is 0.278. The van der Waals surface area contributed by atoms with Crippen LogP contribution in [0.5, 0.6) is 11.5 Å². The number of nitrogens with two attached hydrogens (primary N) is 1. The first-order chi connectivity index (χ1) is 11.4.